The molecule has 0 saturated heterocycles. The molecule has 1 aromatic carbocycles. The largest absolute Gasteiger partial charge is 0.392 e. The summed E-state index contributed by atoms with van der Waals surface area (Å²) >= 11 is 6.31. The first-order valence-electron chi connectivity index (χ1n) is 3.69. The second-order valence-electron chi connectivity index (χ2n) is 2.64. The molecule has 1 N–H and O–H groups in total. The molecular formula is C9H6I2OS. The van der Waals surface area contributed by atoms with Crippen molar-refractivity contribution in [3.05, 3.63) is 30.2 Å². The van der Waals surface area contributed by atoms with Crippen LogP contribution >= 0.6 is 56.5 Å². The number of fused-ring (bicyclic) bond motifs is 1. The maximum absolute atomic E-state index is 9.26. The molecule has 0 fully saturated rings. The van der Waals surface area contributed by atoms with Crippen LogP contribution in [0.4, 0.5) is 0 Å². The summed E-state index contributed by atoms with van der Waals surface area (Å²) in [6.07, 6.45) is 0. The van der Waals surface area contributed by atoms with Gasteiger partial charge < -0.3 is 5.11 Å². The highest BCUT2D eigenvalue weighted by Crippen LogP contribution is 2.32. The fraction of sp³-hybridized carbons (Fsp3) is 0.111. The van der Waals surface area contributed by atoms with E-state index in [9.17, 15) is 5.11 Å². The highest BCUT2D eigenvalue weighted by atomic mass is 127. The number of thiophene rings is 1. The molecule has 0 amide bonds. The zero-order chi connectivity index (χ0) is 9.42. The van der Waals surface area contributed by atoms with Gasteiger partial charge in [-0.2, -0.15) is 0 Å². The van der Waals surface area contributed by atoms with Crippen LogP contribution in [0.25, 0.3) is 10.1 Å². The summed E-state index contributed by atoms with van der Waals surface area (Å²) in [6.45, 7) is 0.127. The SMILES string of the molecule is OCc1c(I)ccc2scc(I)c12. The first-order valence-corrected chi connectivity index (χ1v) is 6.72. The van der Waals surface area contributed by atoms with Crippen molar-refractivity contribution in [1.82, 2.24) is 0 Å². The lowest BCUT2D eigenvalue weighted by molar-refractivity contribution is 0.282. The number of hydrogen-bond donors (Lipinski definition) is 1. The van der Waals surface area contributed by atoms with Crippen molar-refractivity contribution < 1.29 is 5.11 Å². The van der Waals surface area contributed by atoms with E-state index >= 15 is 0 Å². The van der Waals surface area contributed by atoms with Gasteiger partial charge in [-0.25, -0.2) is 0 Å². The lowest BCUT2D eigenvalue weighted by Crippen LogP contribution is -1.89. The van der Waals surface area contributed by atoms with Crippen molar-refractivity contribution in [1.29, 1.82) is 0 Å². The molecule has 13 heavy (non-hydrogen) atoms. The Kier molecular flexibility index (Phi) is 3.11. The van der Waals surface area contributed by atoms with Crippen LogP contribution in [0, 0.1) is 7.14 Å². The minimum atomic E-state index is 0.127. The number of hydrogen-bond acceptors (Lipinski definition) is 2. The van der Waals surface area contributed by atoms with Gasteiger partial charge in [-0.3, -0.25) is 0 Å². The molecule has 2 rings (SSSR count). The second-order valence-corrected chi connectivity index (χ2v) is 5.88. The molecule has 0 aliphatic carbocycles. The smallest absolute Gasteiger partial charge is 0.0698 e. The van der Waals surface area contributed by atoms with E-state index in [4.69, 9.17) is 0 Å². The third-order valence-electron chi connectivity index (χ3n) is 1.90. The maximum Gasteiger partial charge on any atom is 0.0698 e. The topological polar surface area (TPSA) is 20.2 Å². The van der Waals surface area contributed by atoms with Crippen LogP contribution in [0.1, 0.15) is 5.56 Å². The van der Waals surface area contributed by atoms with Gasteiger partial charge in [0.15, 0.2) is 0 Å². The van der Waals surface area contributed by atoms with E-state index in [0.29, 0.717) is 0 Å². The van der Waals surface area contributed by atoms with E-state index in [-0.39, 0.29) is 6.61 Å². The predicted octanol–water partition coefficient (Wildman–Crippen LogP) is 3.60. The summed E-state index contributed by atoms with van der Waals surface area (Å²) < 4.78 is 3.64. The Morgan fingerprint density at radius 1 is 1.23 bits per heavy atom. The summed E-state index contributed by atoms with van der Waals surface area (Å²) in [6, 6.07) is 4.17. The van der Waals surface area contributed by atoms with Crippen molar-refractivity contribution in [3.8, 4) is 0 Å². The number of rotatable bonds is 1. The van der Waals surface area contributed by atoms with Crippen LogP contribution in [-0.2, 0) is 6.61 Å². The first-order chi connectivity index (χ1) is 6.24. The lowest BCUT2D eigenvalue weighted by Gasteiger charge is -2.02. The average molecular weight is 416 g/mol. The molecule has 4 heteroatoms. The Balaban J connectivity index is 2.88. The van der Waals surface area contributed by atoms with Crippen molar-refractivity contribution in [3.63, 3.8) is 0 Å². The fourth-order valence-electron chi connectivity index (χ4n) is 1.29. The van der Waals surface area contributed by atoms with Crippen LogP contribution < -0.4 is 0 Å². The third-order valence-corrected chi connectivity index (χ3v) is 5.14. The van der Waals surface area contributed by atoms with Crippen molar-refractivity contribution in [2.24, 2.45) is 0 Å². The minimum absolute atomic E-state index is 0.127. The highest BCUT2D eigenvalue weighted by Gasteiger charge is 2.09. The molecule has 0 aliphatic heterocycles. The van der Waals surface area contributed by atoms with Gasteiger partial charge in [0.05, 0.1) is 6.61 Å². The Bertz CT molecular complexity index is 450. The highest BCUT2D eigenvalue weighted by molar-refractivity contribution is 14.1. The summed E-state index contributed by atoms with van der Waals surface area (Å²) in [5, 5.41) is 12.6. The number of aliphatic hydroxyl groups is 1. The normalized spacial score (nSPS) is 11.0. The molecule has 0 aliphatic rings. The van der Waals surface area contributed by atoms with Crippen LogP contribution in [0.2, 0.25) is 0 Å². The molecule has 0 bridgehead atoms. The van der Waals surface area contributed by atoms with E-state index in [0.717, 1.165) is 9.13 Å². The molecule has 0 unspecified atom stereocenters. The number of aliphatic hydroxyl groups excluding tert-OH is 1. The Labute approximate surface area is 107 Å². The van der Waals surface area contributed by atoms with Gasteiger partial charge in [0, 0.05) is 28.2 Å². The van der Waals surface area contributed by atoms with Crippen LogP contribution in [0.3, 0.4) is 0 Å². The molecule has 68 valence electrons. The van der Waals surface area contributed by atoms with Gasteiger partial charge in [0.1, 0.15) is 0 Å². The lowest BCUT2D eigenvalue weighted by atomic mass is 10.1. The Hall–Kier alpha value is 0.600. The molecule has 0 saturated carbocycles. The Morgan fingerprint density at radius 3 is 2.69 bits per heavy atom. The molecule has 1 heterocycles. The molecule has 0 radical (unpaired) electrons. The monoisotopic (exact) mass is 416 g/mol. The molecule has 1 nitrogen and oxygen atoms in total. The van der Waals surface area contributed by atoms with Crippen LogP contribution in [0.15, 0.2) is 17.5 Å². The zero-order valence-corrected chi connectivity index (χ0v) is 11.7. The number of halogens is 2. The van der Waals surface area contributed by atoms with Gasteiger partial charge in [-0.05, 0) is 57.3 Å². The van der Waals surface area contributed by atoms with Crippen LogP contribution in [-0.4, -0.2) is 5.11 Å². The standard InChI is InChI=1S/C9H6I2OS/c10-6-1-2-8-9(5(6)3-12)7(11)4-13-8/h1-2,4,12H,3H2. The molecular weight excluding hydrogens is 410 g/mol. The third kappa shape index (κ3) is 1.73. The van der Waals surface area contributed by atoms with Crippen molar-refractivity contribution in [2.45, 2.75) is 6.61 Å². The zero-order valence-electron chi connectivity index (χ0n) is 6.55. The van der Waals surface area contributed by atoms with Gasteiger partial charge >= 0.3 is 0 Å². The van der Waals surface area contributed by atoms with Gasteiger partial charge in [-0.1, -0.05) is 0 Å². The predicted molar refractivity (Wildman–Crippen MR) is 73.2 cm³/mol. The first kappa shape index (κ1) is 10.1. The van der Waals surface area contributed by atoms with Crippen molar-refractivity contribution >= 4 is 66.6 Å². The summed E-state index contributed by atoms with van der Waals surface area (Å²) in [7, 11) is 0. The van der Waals surface area contributed by atoms with Gasteiger partial charge in [-0.15, -0.1) is 11.3 Å². The summed E-state index contributed by atoms with van der Waals surface area (Å²) in [4.78, 5) is 0. The second kappa shape index (κ2) is 4.00. The fourth-order valence-corrected chi connectivity index (χ4v) is 3.94. The number of benzene rings is 1. The summed E-state index contributed by atoms with van der Waals surface area (Å²) in [5.74, 6) is 0. The van der Waals surface area contributed by atoms with Crippen LogP contribution in [0.5, 0.6) is 0 Å². The van der Waals surface area contributed by atoms with E-state index in [1.165, 1.54) is 13.7 Å². The maximum atomic E-state index is 9.26. The van der Waals surface area contributed by atoms with E-state index in [1.54, 1.807) is 11.3 Å². The van der Waals surface area contributed by atoms with Gasteiger partial charge in [0.2, 0.25) is 0 Å². The van der Waals surface area contributed by atoms with Crippen molar-refractivity contribution in [2.75, 3.05) is 0 Å². The summed E-state index contributed by atoms with van der Waals surface area (Å²) in [5.41, 5.74) is 1.06. The molecule has 2 aromatic rings. The van der Waals surface area contributed by atoms with E-state index < -0.39 is 0 Å². The minimum Gasteiger partial charge on any atom is -0.392 e. The van der Waals surface area contributed by atoms with E-state index in [2.05, 4.69) is 62.7 Å². The Morgan fingerprint density at radius 2 is 2.00 bits per heavy atom. The average Bonchev–Trinajstić information content (AvgIpc) is 2.49. The molecule has 0 spiro atoms. The molecule has 1 aromatic heterocycles. The van der Waals surface area contributed by atoms with Gasteiger partial charge in [0.25, 0.3) is 0 Å². The van der Waals surface area contributed by atoms with E-state index in [1.807, 2.05) is 0 Å². The quantitative estimate of drug-likeness (QED) is 0.705. The molecule has 0 atom stereocenters.